The van der Waals surface area contributed by atoms with Crippen molar-refractivity contribution in [2.75, 3.05) is 0 Å². The Morgan fingerprint density at radius 2 is 0.605 bits per heavy atom. The van der Waals surface area contributed by atoms with Crippen LogP contribution < -0.4 is 0 Å². The molecule has 0 aliphatic carbocycles. The van der Waals surface area contributed by atoms with Gasteiger partial charge in [0.15, 0.2) is 0 Å². The molecule has 0 unspecified atom stereocenters. The molecule has 0 aromatic rings. The molecule has 0 bridgehead atoms. The van der Waals surface area contributed by atoms with Crippen LogP contribution >= 0.6 is 0 Å². The summed E-state index contributed by atoms with van der Waals surface area (Å²) in [7, 11) is -7.40. The van der Waals surface area contributed by atoms with E-state index in [1.165, 1.54) is 51.4 Å². The second kappa shape index (κ2) is 11.3. The maximum atomic E-state index is 8.62. The second-order valence-corrected chi connectivity index (χ2v) is 59.2. The van der Waals surface area contributed by atoms with E-state index in [2.05, 4.69) is 144 Å². The van der Waals surface area contributed by atoms with Crippen LogP contribution in [0.5, 0.6) is 0 Å². The topological polar surface area (TPSA) is 24.9 Å². The van der Waals surface area contributed by atoms with E-state index in [0.29, 0.717) is 0 Å². The van der Waals surface area contributed by atoms with Gasteiger partial charge in [0.05, 0.1) is 0 Å². The summed E-state index contributed by atoms with van der Waals surface area (Å²) in [5, 5.41) is 5.28. The first-order valence-electron chi connectivity index (χ1n) is 17.8. The minimum atomic E-state index is -4.42. The molecule has 3 rings (SSSR count). The van der Waals surface area contributed by atoms with Crippen molar-refractivity contribution in [3.05, 3.63) is 0 Å². The number of nitrogens with zero attached hydrogens (tertiary/aromatic N) is 2. The van der Waals surface area contributed by atoms with E-state index in [0.717, 1.165) is 0 Å². The third-order valence-electron chi connectivity index (χ3n) is 12.9. The summed E-state index contributed by atoms with van der Waals surface area (Å²) in [4.78, 5) is 0. The van der Waals surface area contributed by atoms with Gasteiger partial charge in [-0.3, -0.25) is 0 Å². The van der Waals surface area contributed by atoms with Gasteiger partial charge >= 0.3 is 281 Å². The molecular weight excluding hydrogens is 699 g/mol. The Balaban J connectivity index is 2.64. The van der Waals surface area contributed by atoms with Crippen LogP contribution in [0, 0.1) is 0 Å². The van der Waals surface area contributed by atoms with E-state index in [1.807, 2.05) is 0 Å². The summed E-state index contributed by atoms with van der Waals surface area (Å²) in [6.45, 7) is 52.6. The number of hydroxylamine groups is 4. The van der Waals surface area contributed by atoms with Gasteiger partial charge < -0.3 is 0 Å². The van der Waals surface area contributed by atoms with Gasteiger partial charge in [-0.1, -0.05) is 0 Å². The third-order valence-corrected chi connectivity index (χ3v) is 78.0. The zero-order valence-electron chi connectivity index (χ0n) is 32.9. The zero-order chi connectivity index (χ0) is 33.7. The summed E-state index contributed by atoms with van der Waals surface area (Å²) in [6.07, 6.45) is 10.00. The molecule has 3 saturated heterocycles. The second-order valence-electron chi connectivity index (χ2n) is 21.7. The maximum absolute atomic E-state index is 8.62. The van der Waals surface area contributed by atoms with Crippen LogP contribution in [0.3, 0.4) is 0 Å². The molecule has 3 fully saturated rings. The van der Waals surface area contributed by atoms with E-state index < -0.39 is 51.5 Å². The number of piperidine rings is 2. The molecule has 0 N–H and O–H groups in total. The third kappa shape index (κ3) is 5.92. The summed E-state index contributed by atoms with van der Waals surface area (Å²) in [6, 6.07) is 0. The predicted molar refractivity (Wildman–Crippen MR) is 204 cm³/mol. The van der Waals surface area contributed by atoms with Gasteiger partial charge in [-0.15, -0.1) is 0 Å². The molecule has 3 aliphatic heterocycles. The first-order chi connectivity index (χ1) is 18.8. The Hall–Kier alpha value is 1.51. The van der Waals surface area contributed by atoms with Crippen LogP contribution in [0.1, 0.15) is 107 Å². The molecule has 0 spiro atoms. The number of rotatable bonds is 8. The molecule has 0 radical (unpaired) electrons. The molecule has 254 valence electrons. The average molecular weight is 776 g/mol. The van der Waals surface area contributed by atoms with Gasteiger partial charge in [0.2, 0.25) is 0 Å². The normalized spacial score (nSPS) is 29.0. The Labute approximate surface area is 279 Å². The van der Waals surface area contributed by atoms with Gasteiger partial charge in [-0.2, -0.15) is 0 Å². The van der Waals surface area contributed by atoms with Crippen LogP contribution in [-0.4, -0.2) is 83.8 Å². The molecule has 3 heterocycles. The van der Waals surface area contributed by atoms with Gasteiger partial charge in [0, 0.05) is 0 Å². The van der Waals surface area contributed by atoms with Crippen LogP contribution in [0.4, 0.5) is 0 Å². The SMILES string of the molecule is CC1(C)CCCC(C)(C)N1[O][Sn]1([O]N2C(C)(C)CCCC2(C)C)[C]([Si](C)(C)C)([Si](C)(C)C)CC[C]1([Si](C)(C)C)[Si](C)(C)C. The van der Waals surface area contributed by atoms with Crippen molar-refractivity contribution >= 4 is 51.5 Å². The van der Waals surface area contributed by atoms with Gasteiger partial charge in [-0.25, -0.2) is 0 Å². The molecule has 0 aromatic carbocycles. The van der Waals surface area contributed by atoms with Crippen LogP contribution in [0.25, 0.3) is 0 Å². The molecule has 0 atom stereocenters. The molecule has 0 saturated carbocycles. The van der Waals surface area contributed by atoms with Crippen LogP contribution in [0.2, 0.25) is 83.9 Å². The first-order valence-corrected chi connectivity index (χ1v) is 37.0. The van der Waals surface area contributed by atoms with Crippen molar-refractivity contribution in [1.29, 1.82) is 0 Å². The monoisotopic (exact) mass is 776 g/mol. The van der Waals surface area contributed by atoms with E-state index >= 15 is 0 Å². The first kappa shape index (κ1) is 38.9. The fourth-order valence-corrected chi connectivity index (χ4v) is 93.5. The summed E-state index contributed by atoms with van der Waals surface area (Å²) >= 11 is -4.42. The summed E-state index contributed by atoms with van der Waals surface area (Å²) in [5.41, 5.74) is -0.0564. The average Bonchev–Trinajstić information content (AvgIpc) is 3.06. The quantitative estimate of drug-likeness (QED) is 0.229. The van der Waals surface area contributed by atoms with Gasteiger partial charge in [0.1, 0.15) is 0 Å². The molecular formula is C34H76N2O2Si4Sn. The number of hydrogen-bond acceptors (Lipinski definition) is 4. The van der Waals surface area contributed by atoms with Crippen molar-refractivity contribution in [2.24, 2.45) is 0 Å². The Morgan fingerprint density at radius 3 is 0.791 bits per heavy atom. The zero-order valence-corrected chi connectivity index (χ0v) is 39.7. The van der Waals surface area contributed by atoms with Gasteiger partial charge in [-0.05, 0) is 0 Å². The number of hydrogen-bond donors (Lipinski definition) is 0. The van der Waals surface area contributed by atoms with Crippen molar-refractivity contribution in [3.63, 3.8) is 0 Å². The van der Waals surface area contributed by atoms with Crippen molar-refractivity contribution in [3.8, 4) is 0 Å². The summed E-state index contributed by atoms with van der Waals surface area (Å²) in [5.74, 6) is 0. The summed E-state index contributed by atoms with van der Waals surface area (Å²) < 4.78 is 17.7. The molecule has 3 aliphatic rings. The minimum absolute atomic E-state index is 0.0141. The van der Waals surface area contributed by atoms with E-state index in [9.17, 15) is 0 Å². The van der Waals surface area contributed by atoms with Crippen molar-refractivity contribution in [2.45, 2.75) is 213 Å². The fraction of sp³-hybridized carbons (Fsp3) is 1.00. The Bertz CT molecular complexity index is 889. The van der Waals surface area contributed by atoms with Gasteiger partial charge in [0.25, 0.3) is 0 Å². The van der Waals surface area contributed by atoms with Crippen molar-refractivity contribution < 1.29 is 6.35 Å². The molecule has 4 nitrogen and oxygen atoms in total. The molecule has 0 amide bonds. The Kier molecular flexibility index (Phi) is 10.2. The van der Waals surface area contributed by atoms with Crippen molar-refractivity contribution in [1.82, 2.24) is 10.1 Å². The van der Waals surface area contributed by atoms with Crippen LogP contribution in [-0.2, 0) is 6.35 Å². The molecule has 43 heavy (non-hydrogen) atoms. The molecule has 0 aromatic heterocycles. The predicted octanol–water partition coefficient (Wildman–Crippen LogP) is 11.2. The molecule has 9 heteroatoms. The van der Waals surface area contributed by atoms with E-state index in [-0.39, 0.29) is 27.5 Å². The fourth-order valence-electron chi connectivity index (χ4n) is 11.8. The standard InChI is InChI=1S/C16H40Si4.2C9H18NO.Sn/c1-17(2,3)15(18(4,5)6)13-14-16(19(7,8)9)20(10,11)12;2*1-8(2)6-5-7-9(3,4)10(8)11;/h13-14H2,1-12H3;2*5-7H2,1-4H3;/q;2*-1;+2. The Morgan fingerprint density at radius 1 is 0.395 bits per heavy atom. The van der Waals surface area contributed by atoms with E-state index in [1.54, 1.807) is 0 Å². The van der Waals surface area contributed by atoms with E-state index in [4.69, 9.17) is 6.35 Å². The van der Waals surface area contributed by atoms with Crippen LogP contribution in [0.15, 0.2) is 0 Å².